The van der Waals surface area contributed by atoms with Gasteiger partial charge in [0.15, 0.2) is 0 Å². The number of hydrogen-bond donors (Lipinski definition) is 1. The summed E-state index contributed by atoms with van der Waals surface area (Å²) < 4.78 is 2.16. The van der Waals surface area contributed by atoms with E-state index in [-0.39, 0.29) is 0 Å². The molecule has 1 aromatic heterocycles. The molecule has 0 saturated heterocycles. The minimum atomic E-state index is 0.562. The van der Waals surface area contributed by atoms with Gasteiger partial charge in [-0.15, -0.1) is 0 Å². The average molecular weight is 265 g/mol. The lowest BCUT2D eigenvalue weighted by molar-refractivity contribution is 0.411. The van der Waals surface area contributed by atoms with Crippen molar-refractivity contribution in [2.45, 2.75) is 65.8 Å². The van der Waals surface area contributed by atoms with E-state index in [1.54, 1.807) is 0 Å². The molecule has 1 atom stereocenters. The maximum Gasteiger partial charge on any atom is 0.0627 e. The number of nitrogens with zero attached hydrogens (tertiary/aromatic N) is 2. The van der Waals surface area contributed by atoms with E-state index in [1.807, 2.05) is 0 Å². The van der Waals surface area contributed by atoms with Gasteiger partial charge in [0, 0.05) is 6.20 Å². The zero-order valence-corrected chi connectivity index (χ0v) is 13.2. The number of aromatic nitrogens is 2. The molecular weight excluding hydrogens is 234 g/mol. The van der Waals surface area contributed by atoms with Crippen LogP contribution in [-0.2, 0) is 6.42 Å². The Kier molecular flexibility index (Phi) is 7.80. The molecule has 0 fully saturated rings. The summed E-state index contributed by atoms with van der Waals surface area (Å²) >= 11 is 0. The van der Waals surface area contributed by atoms with Gasteiger partial charge in [-0.2, -0.15) is 5.10 Å². The second-order valence-corrected chi connectivity index (χ2v) is 5.42. The van der Waals surface area contributed by atoms with Gasteiger partial charge >= 0.3 is 0 Å². The maximum absolute atomic E-state index is 4.77. The molecule has 0 radical (unpaired) electrons. The number of nitrogens with one attached hydrogen (secondary N) is 1. The Bertz CT molecular complexity index is 328. The minimum absolute atomic E-state index is 0.562. The zero-order chi connectivity index (χ0) is 14.1. The first-order chi connectivity index (χ1) is 9.24. The van der Waals surface area contributed by atoms with Gasteiger partial charge in [-0.3, -0.25) is 4.68 Å². The number of hydrogen-bond acceptors (Lipinski definition) is 2. The van der Waals surface area contributed by atoms with Crippen LogP contribution in [-0.4, -0.2) is 22.9 Å². The van der Waals surface area contributed by atoms with Crippen LogP contribution in [0.1, 0.15) is 65.1 Å². The van der Waals surface area contributed by atoms with Gasteiger partial charge in [0.1, 0.15) is 0 Å². The van der Waals surface area contributed by atoms with E-state index >= 15 is 0 Å². The van der Waals surface area contributed by atoms with E-state index in [9.17, 15) is 0 Å². The van der Waals surface area contributed by atoms with Crippen molar-refractivity contribution >= 4 is 0 Å². The molecule has 0 aliphatic rings. The van der Waals surface area contributed by atoms with Gasteiger partial charge in [0.05, 0.1) is 11.7 Å². The van der Waals surface area contributed by atoms with Crippen LogP contribution in [0, 0.1) is 5.92 Å². The summed E-state index contributed by atoms with van der Waals surface area (Å²) in [5.74, 6) is 0.718. The molecule has 110 valence electrons. The fraction of sp³-hybridized carbons (Fsp3) is 0.812. The SMILES string of the molecule is CCCC(CNCC)Cc1ccn(C(CC)CC)n1. The van der Waals surface area contributed by atoms with Crippen LogP contribution < -0.4 is 5.32 Å². The van der Waals surface area contributed by atoms with Crippen molar-refractivity contribution in [2.24, 2.45) is 5.92 Å². The molecule has 0 aliphatic carbocycles. The van der Waals surface area contributed by atoms with Gasteiger partial charge in [0.25, 0.3) is 0 Å². The summed E-state index contributed by atoms with van der Waals surface area (Å²) in [7, 11) is 0. The van der Waals surface area contributed by atoms with Crippen molar-refractivity contribution in [3.05, 3.63) is 18.0 Å². The van der Waals surface area contributed by atoms with Crippen molar-refractivity contribution in [2.75, 3.05) is 13.1 Å². The summed E-state index contributed by atoms with van der Waals surface area (Å²) in [6, 6.07) is 2.76. The monoisotopic (exact) mass is 265 g/mol. The van der Waals surface area contributed by atoms with Crippen molar-refractivity contribution in [3.63, 3.8) is 0 Å². The first-order valence-corrected chi connectivity index (χ1v) is 7.99. The molecule has 19 heavy (non-hydrogen) atoms. The van der Waals surface area contributed by atoms with E-state index in [0.717, 1.165) is 38.3 Å². The Balaban J connectivity index is 2.58. The minimum Gasteiger partial charge on any atom is -0.317 e. The average Bonchev–Trinajstić information content (AvgIpc) is 2.86. The van der Waals surface area contributed by atoms with Gasteiger partial charge < -0.3 is 5.32 Å². The molecule has 3 nitrogen and oxygen atoms in total. The van der Waals surface area contributed by atoms with Crippen molar-refractivity contribution in [1.29, 1.82) is 0 Å². The molecule has 1 aromatic rings. The predicted octanol–water partition coefficient (Wildman–Crippen LogP) is 3.81. The molecule has 1 rings (SSSR count). The Morgan fingerprint density at radius 1 is 1.21 bits per heavy atom. The van der Waals surface area contributed by atoms with Crippen LogP contribution in [0.25, 0.3) is 0 Å². The highest BCUT2D eigenvalue weighted by molar-refractivity contribution is 5.01. The lowest BCUT2D eigenvalue weighted by Gasteiger charge is -2.16. The van der Waals surface area contributed by atoms with Crippen molar-refractivity contribution in [1.82, 2.24) is 15.1 Å². The first-order valence-electron chi connectivity index (χ1n) is 7.99. The molecule has 0 saturated carbocycles. The first kappa shape index (κ1) is 16.2. The van der Waals surface area contributed by atoms with Gasteiger partial charge in [-0.25, -0.2) is 0 Å². The lowest BCUT2D eigenvalue weighted by atomic mass is 9.98. The molecular formula is C16H31N3. The Morgan fingerprint density at radius 2 is 1.95 bits per heavy atom. The van der Waals surface area contributed by atoms with E-state index in [1.165, 1.54) is 18.5 Å². The Morgan fingerprint density at radius 3 is 2.53 bits per heavy atom. The zero-order valence-electron chi connectivity index (χ0n) is 13.2. The Hall–Kier alpha value is -0.830. The van der Waals surface area contributed by atoms with Crippen molar-refractivity contribution in [3.8, 4) is 0 Å². The molecule has 0 aliphatic heterocycles. The van der Waals surface area contributed by atoms with Crippen LogP contribution in [0.4, 0.5) is 0 Å². The van der Waals surface area contributed by atoms with Crippen LogP contribution in [0.15, 0.2) is 12.3 Å². The van der Waals surface area contributed by atoms with Gasteiger partial charge in [-0.05, 0) is 50.8 Å². The smallest absolute Gasteiger partial charge is 0.0627 e. The van der Waals surface area contributed by atoms with Crippen LogP contribution in [0.5, 0.6) is 0 Å². The van der Waals surface area contributed by atoms with Gasteiger partial charge in [0.2, 0.25) is 0 Å². The third kappa shape index (κ3) is 5.35. The molecule has 0 spiro atoms. The normalized spacial score (nSPS) is 13.1. The molecule has 0 aromatic carbocycles. The molecule has 1 unspecified atom stereocenters. The summed E-state index contributed by atoms with van der Waals surface area (Å²) in [6.45, 7) is 11.1. The van der Waals surface area contributed by atoms with Crippen LogP contribution in [0.2, 0.25) is 0 Å². The maximum atomic E-state index is 4.77. The largest absolute Gasteiger partial charge is 0.317 e. The Labute approximate surface area is 118 Å². The second kappa shape index (κ2) is 9.13. The van der Waals surface area contributed by atoms with Crippen molar-refractivity contribution < 1.29 is 0 Å². The predicted molar refractivity (Wildman–Crippen MR) is 82.5 cm³/mol. The van der Waals surface area contributed by atoms with Gasteiger partial charge in [-0.1, -0.05) is 34.1 Å². The standard InChI is InChI=1S/C16H31N3/c1-5-9-14(13-17-8-4)12-15-10-11-19(18-15)16(6-2)7-3/h10-11,14,16-17H,5-9,12-13H2,1-4H3. The molecule has 0 amide bonds. The molecule has 1 heterocycles. The second-order valence-electron chi connectivity index (χ2n) is 5.42. The molecule has 3 heteroatoms. The van der Waals surface area contributed by atoms with E-state index in [4.69, 9.17) is 5.10 Å². The van der Waals surface area contributed by atoms with E-state index in [0.29, 0.717) is 6.04 Å². The molecule has 1 N–H and O–H groups in total. The summed E-state index contributed by atoms with van der Waals surface area (Å²) in [5, 5.41) is 8.24. The lowest BCUT2D eigenvalue weighted by Crippen LogP contribution is -2.24. The summed E-state index contributed by atoms with van der Waals surface area (Å²) in [4.78, 5) is 0. The fourth-order valence-electron chi connectivity index (χ4n) is 2.68. The van der Waals surface area contributed by atoms with Crippen LogP contribution in [0.3, 0.4) is 0 Å². The third-order valence-electron chi connectivity index (χ3n) is 3.86. The third-order valence-corrected chi connectivity index (χ3v) is 3.86. The summed E-state index contributed by atoms with van der Waals surface area (Å²) in [5.41, 5.74) is 1.25. The fourth-order valence-corrected chi connectivity index (χ4v) is 2.68. The summed E-state index contributed by atoms with van der Waals surface area (Å²) in [6.07, 6.45) is 8.12. The highest BCUT2D eigenvalue weighted by Gasteiger charge is 2.12. The molecule has 0 bridgehead atoms. The topological polar surface area (TPSA) is 29.9 Å². The van der Waals surface area contributed by atoms with Crippen LogP contribution >= 0.6 is 0 Å². The highest BCUT2D eigenvalue weighted by atomic mass is 15.3. The van der Waals surface area contributed by atoms with E-state index in [2.05, 4.69) is 50.0 Å². The number of rotatable bonds is 10. The quantitative estimate of drug-likeness (QED) is 0.697. The highest BCUT2D eigenvalue weighted by Crippen LogP contribution is 2.17. The van der Waals surface area contributed by atoms with E-state index < -0.39 is 0 Å².